The summed E-state index contributed by atoms with van der Waals surface area (Å²) in [6.07, 6.45) is 1.46. The molecule has 1 atom stereocenters. The average molecular weight is 509 g/mol. The van der Waals surface area contributed by atoms with Crippen molar-refractivity contribution in [2.24, 2.45) is 5.92 Å². The van der Waals surface area contributed by atoms with Crippen LogP contribution in [-0.4, -0.2) is 48.5 Å². The van der Waals surface area contributed by atoms with Crippen molar-refractivity contribution in [1.82, 2.24) is 9.80 Å². The summed E-state index contributed by atoms with van der Waals surface area (Å²) in [5.41, 5.74) is 1.91. The van der Waals surface area contributed by atoms with Gasteiger partial charge in [0.2, 0.25) is 0 Å². The van der Waals surface area contributed by atoms with E-state index in [0.29, 0.717) is 51.5 Å². The number of hydrogen-bond acceptors (Lipinski definition) is 6. The molecule has 1 unspecified atom stereocenters. The molecular weight excluding hydrogens is 475 g/mol. The summed E-state index contributed by atoms with van der Waals surface area (Å²) in [4.78, 5) is 29.1. The number of amides is 1. The molecule has 0 spiro atoms. The molecule has 1 aliphatic heterocycles. The second-order valence-electron chi connectivity index (χ2n) is 9.23. The molecule has 196 valence electrons. The Bertz CT molecular complexity index is 1190. The summed E-state index contributed by atoms with van der Waals surface area (Å²) in [5.74, 6) is 0.576. The molecule has 0 bridgehead atoms. The Morgan fingerprint density at radius 3 is 2.57 bits per heavy atom. The molecule has 1 amide bonds. The smallest absolute Gasteiger partial charge is 0.310 e. The van der Waals surface area contributed by atoms with Gasteiger partial charge in [-0.15, -0.1) is 0 Å². The first-order chi connectivity index (χ1) is 17.9. The minimum absolute atomic E-state index is 0.230. The van der Waals surface area contributed by atoms with Crippen molar-refractivity contribution in [3.63, 3.8) is 0 Å². The standard InChI is InChI=1S/C29H33FN2O5/c1-3-36-29(34)23-7-5-15-32(19-23)28(33)27-14-13-26(37-27)20-31(18-22-6-4-8-24(30)16-22)17-21-9-11-25(35-2)12-10-21/h4,6,8-14,16,23H,3,5,7,15,17-20H2,1-2H3. The van der Waals surface area contributed by atoms with Crippen molar-refractivity contribution in [3.05, 3.63) is 89.1 Å². The first-order valence-corrected chi connectivity index (χ1v) is 12.6. The minimum atomic E-state index is -0.307. The lowest BCUT2D eigenvalue weighted by Crippen LogP contribution is -2.42. The highest BCUT2D eigenvalue weighted by molar-refractivity contribution is 5.92. The van der Waals surface area contributed by atoms with Gasteiger partial charge in [-0.05, 0) is 67.3 Å². The number of ether oxygens (including phenoxy) is 2. The number of hydrogen-bond donors (Lipinski definition) is 0. The van der Waals surface area contributed by atoms with Crippen LogP contribution in [0.2, 0.25) is 0 Å². The molecule has 1 saturated heterocycles. The van der Waals surface area contributed by atoms with Gasteiger partial charge in [-0.2, -0.15) is 0 Å². The van der Waals surface area contributed by atoms with Crippen molar-refractivity contribution >= 4 is 11.9 Å². The van der Waals surface area contributed by atoms with Crippen molar-refractivity contribution in [1.29, 1.82) is 0 Å². The number of likely N-dealkylation sites (tertiary alicyclic amines) is 1. The third-order valence-electron chi connectivity index (χ3n) is 6.44. The second kappa shape index (κ2) is 12.5. The van der Waals surface area contributed by atoms with E-state index >= 15 is 0 Å². The molecule has 0 saturated carbocycles. The van der Waals surface area contributed by atoms with Gasteiger partial charge in [-0.25, -0.2) is 4.39 Å². The van der Waals surface area contributed by atoms with E-state index in [4.69, 9.17) is 13.9 Å². The largest absolute Gasteiger partial charge is 0.497 e. The lowest BCUT2D eigenvalue weighted by atomic mass is 9.98. The Labute approximate surface area is 216 Å². The molecule has 1 aliphatic rings. The second-order valence-corrected chi connectivity index (χ2v) is 9.23. The molecular formula is C29H33FN2O5. The van der Waals surface area contributed by atoms with Gasteiger partial charge in [-0.3, -0.25) is 14.5 Å². The molecule has 3 aromatic rings. The molecule has 2 heterocycles. The zero-order valence-corrected chi connectivity index (χ0v) is 21.3. The van der Waals surface area contributed by atoms with E-state index < -0.39 is 0 Å². The van der Waals surface area contributed by atoms with Crippen LogP contribution in [-0.2, 0) is 29.2 Å². The highest BCUT2D eigenvalue weighted by Gasteiger charge is 2.31. The molecule has 2 aromatic carbocycles. The summed E-state index contributed by atoms with van der Waals surface area (Å²) >= 11 is 0. The van der Waals surface area contributed by atoms with Gasteiger partial charge in [0.05, 0.1) is 26.2 Å². The predicted octanol–water partition coefficient (Wildman–Crippen LogP) is 5.05. The Morgan fingerprint density at radius 1 is 1.05 bits per heavy atom. The van der Waals surface area contributed by atoms with E-state index in [0.717, 1.165) is 23.3 Å². The number of furan rings is 1. The SMILES string of the molecule is CCOC(=O)C1CCCN(C(=O)c2ccc(CN(Cc3ccc(OC)cc3)Cc3cccc(F)c3)o2)C1. The fourth-order valence-corrected chi connectivity index (χ4v) is 4.62. The Kier molecular flexibility index (Phi) is 8.95. The monoisotopic (exact) mass is 508 g/mol. The minimum Gasteiger partial charge on any atom is -0.497 e. The zero-order valence-electron chi connectivity index (χ0n) is 21.3. The van der Waals surface area contributed by atoms with Crippen molar-refractivity contribution in [2.75, 3.05) is 26.8 Å². The van der Waals surface area contributed by atoms with Gasteiger partial charge < -0.3 is 18.8 Å². The average Bonchev–Trinajstić information content (AvgIpc) is 3.37. The molecule has 1 fully saturated rings. The maximum absolute atomic E-state index is 13.8. The number of esters is 1. The third-order valence-corrected chi connectivity index (χ3v) is 6.44. The number of carbonyl (C=O) groups is 2. The number of nitrogens with zero attached hydrogens (tertiary/aromatic N) is 2. The van der Waals surface area contributed by atoms with Crippen LogP contribution in [0.25, 0.3) is 0 Å². The van der Waals surface area contributed by atoms with E-state index in [1.165, 1.54) is 12.1 Å². The Hall–Kier alpha value is -3.65. The van der Waals surface area contributed by atoms with E-state index in [1.807, 2.05) is 30.3 Å². The van der Waals surface area contributed by atoms with E-state index in [-0.39, 0.29) is 29.4 Å². The Morgan fingerprint density at radius 2 is 1.84 bits per heavy atom. The summed E-state index contributed by atoms with van der Waals surface area (Å²) in [7, 11) is 1.63. The van der Waals surface area contributed by atoms with E-state index in [9.17, 15) is 14.0 Å². The van der Waals surface area contributed by atoms with Crippen LogP contribution in [0.3, 0.4) is 0 Å². The molecule has 0 aliphatic carbocycles. The van der Waals surface area contributed by atoms with Gasteiger partial charge in [0.25, 0.3) is 5.91 Å². The van der Waals surface area contributed by atoms with Crippen molar-refractivity contribution < 1.29 is 27.9 Å². The lowest BCUT2D eigenvalue weighted by Gasteiger charge is -2.30. The van der Waals surface area contributed by atoms with Gasteiger partial charge in [0, 0.05) is 26.2 Å². The van der Waals surface area contributed by atoms with Gasteiger partial charge in [-0.1, -0.05) is 24.3 Å². The van der Waals surface area contributed by atoms with Crippen LogP contribution < -0.4 is 4.74 Å². The summed E-state index contributed by atoms with van der Waals surface area (Å²) in [5, 5.41) is 0. The molecule has 37 heavy (non-hydrogen) atoms. The maximum Gasteiger partial charge on any atom is 0.310 e. The Balaban J connectivity index is 1.46. The number of methoxy groups -OCH3 is 1. The van der Waals surface area contributed by atoms with E-state index in [2.05, 4.69) is 4.90 Å². The fraction of sp³-hybridized carbons (Fsp3) is 0.379. The number of carbonyl (C=O) groups excluding carboxylic acids is 2. The first kappa shape index (κ1) is 26.4. The quantitative estimate of drug-likeness (QED) is 0.357. The third kappa shape index (κ3) is 7.20. The number of rotatable bonds is 10. The topological polar surface area (TPSA) is 72.2 Å². The van der Waals surface area contributed by atoms with Gasteiger partial charge in [0.1, 0.15) is 17.3 Å². The summed E-state index contributed by atoms with van der Waals surface area (Å²) in [6.45, 7) is 4.54. The van der Waals surface area contributed by atoms with Gasteiger partial charge in [0.15, 0.2) is 5.76 Å². The van der Waals surface area contributed by atoms with Crippen LogP contribution in [0.5, 0.6) is 5.75 Å². The van der Waals surface area contributed by atoms with Crippen LogP contribution in [0, 0.1) is 11.7 Å². The molecule has 7 nitrogen and oxygen atoms in total. The molecule has 0 N–H and O–H groups in total. The maximum atomic E-state index is 13.8. The highest BCUT2D eigenvalue weighted by atomic mass is 19.1. The number of halogens is 1. The van der Waals surface area contributed by atoms with Gasteiger partial charge >= 0.3 is 5.97 Å². The first-order valence-electron chi connectivity index (χ1n) is 12.6. The molecule has 8 heteroatoms. The van der Waals surface area contributed by atoms with Crippen LogP contribution in [0.4, 0.5) is 4.39 Å². The molecule has 1 aromatic heterocycles. The summed E-state index contributed by atoms with van der Waals surface area (Å²) in [6, 6.07) is 17.8. The summed E-state index contributed by atoms with van der Waals surface area (Å²) < 4.78 is 30.2. The normalized spacial score (nSPS) is 15.6. The predicted molar refractivity (Wildman–Crippen MR) is 136 cm³/mol. The number of piperidine rings is 1. The van der Waals surface area contributed by atoms with Crippen LogP contribution in [0.15, 0.2) is 65.1 Å². The molecule has 4 rings (SSSR count). The van der Waals surface area contributed by atoms with Crippen LogP contribution >= 0.6 is 0 Å². The number of benzene rings is 2. The molecule has 0 radical (unpaired) electrons. The fourth-order valence-electron chi connectivity index (χ4n) is 4.62. The van der Waals surface area contributed by atoms with Crippen LogP contribution in [0.1, 0.15) is 47.2 Å². The van der Waals surface area contributed by atoms with E-state index in [1.54, 1.807) is 37.1 Å². The zero-order chi connectivity index (χ0) is 26.2. The highest BCUT2D eigenvalue weighted by Crippen LogP contribution is 2.22. The van der Waals surface area contributed by atoms with Crippen molar-refractivity contribution in [3.8, 4) is 5.75 Å². The lowest BCUT2D eigenvalue weighted by molar-refractivity contribution is -0.149. The van der Waals surface area contributed by atoms with Crippen molar-refractivity contribution in [2.45, 2.75) is 39.4 Å².